The summed E-state index contributed by atoms with van der Waals surface area (Å²) in [4.78, 5) is 18.6. The van der Waals surface area contributed by atoms with Gasteiger partial charge in [0.1, 0.15) is 5.69 Å². The highest BCUT2D eigenvalue weighted by molar-refractivity contribution is 5.60. The quantitative estimate of drug-likeness (QED) is 0.650. The lowest BCUT2D eigenvalue weighted by atomic mass is 9.79. The van der Waals surface area contributed by atoms with Crippen LogP contribution in [0.1, 0.15) is 38.8 Å². The summed E-state index contributed by atoms with van der Waals surface area (Å²) in [5, 5.41) is 14.3. The summed E-state index contributed by atoms with van der Waals surface area (Å²) < 4.78 is 0. The van der Waals surface area contributed by atoms with Crippen LogP contribution in [-0.2, 0) is 0 Å². The van der Waals surface area contributed by atoms with Crippen molar-refractivity contribution < 1.29 is 4.92 Å². The number of nitrogen functional groups attached to an aromatic ring is 1. The number of rotatable bonds is 3. The van der Waals surface area contributed by atoms with Crippen LogP contribution >= 0.6 is 0 Å². The molecule has 1 aliphatic rings. The van der Waals surface area contributed by atoms with Crippen molar-refractivity contribution in [2.75, 3.05) is 11.1 Å². The average Bonchev–Trinajstić information content (AvgIpc) is 2.32. The number of nitrogens with one attached hydrogen (secondary N) is 1. The second-order valence-corrected chi connectivity index (χ2v) is 5.73. The molecule has 7 heteroatoms. The molecule has 7 nitrogen and oxygen atoms in total. The summed E-state index contributed by atoms with van der Waals surface area (Å²) in [5.41, 5.74) is 5.81. The Hall–Kier alpha value is -1.92. The zero-order valence-electron chi connectivity index (χ0n) is 12.1. The van der Waals surface area contributed by atoms with E-state index in [-0.39, 0.29) is 23.5 Å². The molecule has 0 saturated heterocycles. The molecule has 3 unspecified atom stereocenters. The molecular weight excluding hydrogens is 258 g/mol. The number of nitrogens with two attached hydrogens (primary N) is 1. The molecule has 1 heterocycles. The molecule has 0 bridgehead atoms. The van der Waals surface area contributed by atoms with Gasteiger partial charge in [-0.2, -0.15) is 4.98 Å². The molecule has 1 aromatic heterocycles. The summed E-state index contributed by atoms with van der Waals surface area (Å²) in [5.74, 6) is 1.60. The van der Waals surface area contributed by atoms with E-state index < -0.39 is 4.92 Å². The fourth-order valence-corrected chi connectivity index (χ4v) is 2.78. The lowest BCUT2D eigenvalue weighted by Gasteiger charge is -2.32. The molecule has 0 amide bonds. The van der Waals surface area contributed by atoms with Gasteiger partial charge in [0.2, 0.25) is 11.8 Å². The van der Waals surface area contributed by atoms with Crippen LogP contribution in [0.2, 0.25) is 0 Å². The van der Waals surface area contributed by atoms with Gasteiger partial charge in [-0.3, -0.25) is 10.1 Å². The summed E-state index contributed by atoms with van der Waals surface area (Å²) in [6.45, 7) is 6.04. The van der Waals surface area contributed by atoms with Gasteiger partial charge in [-0.1, -0.05) is 13.8 Å². The van der Waals surface area contributed by atoms with Crippen LogP contribution in [0.4, 0.5) is 17.5 Å². The maximum Gasteiger partial charge on any atom is 0.332 e. The second-order valence-electron chi connectivity index (χ2n) is 5.73. The topological polar surface area (TPSA) is 107 Å². The standard InChI is InChI=1S/C13H21N5O2/c1-7-4-5-10(6-8(7)2)16-12-11(18(19)20)9(3)15-13(14)17-12/h7-8,10H,4-6H2,1-3H3,(H3,14,15,16,17). The fourth-order valence-electron chi connectivity index (χ4n) is 2.78. The Balaban J connectivity index is 2.23. The molecule has 2 rings (SSSR count). The van der Waals surface area contributed by atoms with Gasteiger partial charge in [-0.05, 0) is 38.0 Å². The van der Waals surface area contributed by atoms with Gasteiger partial charge >= 0.3 is 5.69 Å². The van der Waals surface area contributed by atoms with Gasteiger partial charge in [-0.25, -0.2) is 4.98 Å². The Morgan fingerprint density at radius 1 is 1.30 bits per heavy atom. The molecule has 0 aromatic carbocycles. The van der Waals surface area contributed by atoms with Gasteiger partial charge in [0.15, 0.2) is 0 Å². The number of anilines is 2. The third kappa shape index (κ3) is 2.97. The van der Waals surface area contributed by atoms with Gasteiger partial charge in [-0.15, -0.1) is 0 Å². The largest absolute Gasteiger partial charge is 0.368 e. The summed E-state index contributed by atoms with van der Waals surface area (Å²) in [7, 11) is 0. The third-order valence-corrected chi connectivity index (χ3v) is 4.20. The van der Waals surface area contributed by atoms with Gasteiger partial charge in [0, 0.05) is 6.04 Å². The highest BCUT2D eigenvalue weighted by Gasteiger charge is 2.28. The minimum absolute atomic E-state index is 0.0628. The Labute approximate surface area is 118 Å². The lowest BCUT2D eigenvalue weighted by Crippen LogP contribution is -2.31. The van der Waals surface area contributed by atoms with E-state index in [2.05, 4.69) is 29.1 Å². The molecule has 1 fully saturated rings. The van der Waals surface area contributed by atoms with Crippen molar-refractivity contribution >= 4 is 17.5 Å². The summed E-state index contributed by atoms with van der Waals surface area (Å²) in [6, 6.07) is 0.202. The van der Waals surface area contributed by atoms with Gasteiger partial charge in [0.25, 0.3) is 0 Å². The van der Waals surface area contributed by atoms with E-state index >= 15 is 0 Å². The zero-order chi connectivity index (χ0) is 14.9. The van der Waals surface area contributed by atoms with E-state index in [0.717, 1.165) is 19.3 Å². The predicted molar refractivity (Wildman–Crippen MR) is 77.4 cm³/mol. The maximum absolute atomic E-state index is 11.2. The number of aryl methyl sites for hydroxylation is 1. The second kappa shape index (κ2) is 5.60. The molecular formula is C13H21N5O2. The molecule has 0 aliphatic heterocycles. The van der Waals surface area contributed by atoms with Crippen molar-refractivity contribution in [3.63, 3.8) is 0 Å². The van der Waals surface area contributed by atoms with Crippen molar-refractivity contribution in [2.45, 2.75) is 46.1 Å². The number of aromatic nitrogens is 2. The van der Waals surface area contributed by atoms with Crippen LogP contribution < -0.4 is 11.1 Å². The van der Waals surface area contributed by atoms with E-state index in [0.29, 0.717) is 17.5 Å². The normalized spacial score (nSPS) is 26.2. The van der Waals surface area contributed by atoms with Crippen LogP contribution in [0.3, 0.4) is 0 Å². The molecule has 1 saturated carbocycles. The number of hydrogen-bond donors (Lipinski definition) is 2. The minimum atomic E-state index is -0.452. The van der Waals surface area contributed by atoms with Gasteiger partial charge < -0.3 is 11.1 Å². The Morgan fingerprint density at radius 2 is 2.00 bits per heavy atom. The molecule has 3 atom stereocenters. The van der Waals surface area contributed by atoms with E-state index in [1.165, 1.54) is 0 Å². The van der Waals surface area contributed by atoms with Crippen molar-refractivity contribution in [3.05, 3.63) is 15.8 Å². The molecule has 0 radical (unpaired) electrons. The summed E-state index contributed by atoms with van der Waals surface area (Å²) in [6.07, 6.45) is 3.10. The van der Waals surface area contributed by atoms with Crippen LogP contribution in [0.15, 0.2) is 0 Å². The maximum atomic E-state index is 11.2. The number of hydrogen-bond acceptors (Lipinski definition) is 6. The first kappa shape index (κ1) is 14.5. The third-order valence-electron chi connectivity index (χ3n) is 4.20. The predicted octanol–water partition coefficient (Wildman–Crippen LogP) is 2.51. The lowest BCUT2D eigenvalue weighted by molar-refractivity contribution is -0.385. The Morgan fingerprint density at radius 3 is 2.60 bits per heavy atom. The highest BCUT2D eigenvalue weighted by atomic mass is 16.6. The monoisotopic (exact) mass is 279 g/mol. The molecule has 0 spiro atoms. The molecule has 110 valence electrons. The highest BCUT2D eigenvalue weighted by Crippen LogP contribution is 2.33. The Bertz CT molecular complexity index is 520. The summed E-state index contributed by atoms with van der Waals surface area (Å²) >= 11 is 0. The first-order chi connectivity index (χ1) is 9.38. The van der Waals surface area contributed by atoms with E-state index in [1.807, 2.05) is 0 Å². The van der Waals surface area contributed by atoms with Crippen LogP contribution in [0.25, 0.3) is 0 Å². The molecule has 1 aliphatic carbocycles. The Kier molecular flexibility index (Phi) is 4.06. The van der Waals surface area contributed by atoms with Crippen LogP contribution in [0.5, 0.6) is 0 Å². The van der Waals surface area contributed by atoms with Crippen LogP contribution in [-0.4, -0.2) is 20.9 Å². The van der Waals surface area contributed by atoms with Crippen molar-refractivity contribution in [1.82, 2.24) is 9.97 Å². The fraction of sp³-hybridized carbons (Fsp3) is 0.692. The molecule has 20 heavy (non-hydrogen) atoms. The van der Waals surface area contributed by atoms with Crippen LogP contribution in [0, 0.1) is 28.9 Å². The minimum Gasteiger partial charge on any atom is -0.368 e. The van der Waals surface area contributed by atoms with E-state index in [1.54, 1.807) is 6.92 Å². The van der Waals surface area contributed by atoms with Crippen molar-refractivity contribution in [3.8, 4) is 0 Å². The van der Waals surface area contributed by atoms with Crippen molar-refractivity contribution in [1.29, 1.82) is 0 Å². The SMILES string of the molecule is Cc1nc(N)nc(NC2CCC(C)C(C)C2)c1[N+](=O)[O-]. The first-order valence-electron chi connectivity index (χ1n) is 6.93. The van der Waals surface area contributed by atoms with E-state index in [4.69, 9.17) is 5.73 Å². The average molecular weight is 279 g/mol. The van der Waals surface area contributed by atoms with Crippen molar-refractivity contribution in [2.24, 2.45) is 11.8 Å². The molecule has 3 N–H and O–H groups in total. The molecule has 1 aromatic rings. The van der Waals surface area contributed by atoms with E-state index in [9.17, 15) is 10.1 Å². The number of nitro groups is 1. The smallest absolute Gasteiger partial charge is 0.332 e. The number of nitrogens with zero attached hydrogens (tertiary/aromatic N) is 3. The zero-order valence-corrected chi connectivity index (χ0v) is 12.1. The van der Waals surface area contributed by atoms with Gasteiger partial charge in [0.05, 0.1) is 4.92 Å². The first-order valence-corrected chi connectivity index (χ1v) is 6.93.